The summed E-state index contributed by atoms with van der Waals surface area (Å²) in [5.74, 6) is 0. The topological polar surface area (TPSA) is 9.23 Å². The Morgan fingerprint density at radius 2 is 2.14 bits per heavy atom. The fraction of sp³-hybridized carbons (Fsp3) is 0.800. The zero-order chi connectivity index (χ0) is 4.99. The van der Waals surface area contributed by atoms with Gasteiger partial charge in [-0.25, -0.2) is 0 Å². The van der Waals surface area contributed by atoms with Crippen LogP contribution in [0.25, 0.3) is 0 Å². The second-order valence-electron chi connectivity index (χ2n) is 1.27. The Hall–Kier alpha value is 0.648. The molecule has 1 atom stereocenters. The van der Waals surface area contributed by atoms with Crippen molar-refractivity contribution in [2.45, 2.75) is 20.0 Å². The predicted octanol–water partition coefficient (Wildman–Crippen LogP) is 1.24. The smallest absolute Gasteiger partial charge is 0.0405 e. The molecule has 7 heavy (non-hydrogen) atoms. The van der Waals surface area contributed by atoms with Gasteiger partial charge in [-0.15, -0.1) is 0 Å². The van der Waals surface area contributed by atoms with E-state index >= 15 is 0 Å². The first-order valence-corrected chi connectivity index (χ1v) is 2.22. The number of hydrogen-bond donors (Lipinski definition) is 0. The average molecular weight is 271 g/mol. The number of hydrogen-bond acceptors (Lipinski definition) is 1. The minimum absolute atomic E-state index is 0. The molecule has 0 saturated carbocycles. The van der Waals surface area contributed by atoms with Gasteiger partial charge >= 0.3 is 0 Å². The molecule has 1 unspecified atom stereocenters. The number of rotatable bonds is 2. The predicted molar refractivity (Wildman–Crippen MR) is 26.4 cm³/mol. The summed E-state index contributed by atoms with van der Waals surface area (Å²) in [7, 11) is 0. The van der Waals surface area contributed by atoms with Gasteiger partial charge in [-0.05, 0) is 6.92 Å². The van der Waals surface area contributed by atoms with Crippen LogP contribution < -0.4 is 0 Å². The molecule has 0 heterocycles. The molecule has 0 aromatic rings. The van der Waals surface area contributed by atoms with E-state index in [-0.39, 0.29) is 27.2 Å². The molecule has 0 aromatic carbocycles. The Balaban J connectivity index is 0. The summed E-state index contributed by atoms with van der Waals surface area (Å²) < 4.78 is 4.93. The summed E-state index contributed by atoms with van der Waals surface area (Å²) in [5.41, 5.74) is 0. The Morgan fingerprint density at radius 3 is 2.14 bits per heavy atom. The number of ether oxygens (including phenoxy) is 1. The molecule has 0 aliphatic heterocycles. The second-order valence-corrected chi connectivity index (χ2v) is 1.27. The molecule has 0 saturated heterocycles. The van der Waals surface area contributed by atoms with Crippen molar-refractivity contribution in [1.29, 1.82) is 0 Å². The minimum Gasteiger partial charge on any atom is -0.411 e. The molecule has 0 radical (unpaired) electrons. The van der Waals surface area contributed by atoms with E-state index in [1.165, 1.54) is 0 Å². The quantitative estimate of drug-likeness (QED) is 0.687. The minimum atomic E-state index is 0. The van der Waals surface area contributed by atoms with Gasteiger partial charge in [-0.3, -0.25) is 0 Å². The van der Waals surface area contributed by atoms with E-state index < -0.39 is 0 Å². The van der Waals surface area contributed by atoms with Gasteiger partial charge in [-0.2, -0.15) is 0 Å². The Labute approximate surface area is 59.7 Å². The summed E-state index contributed by atoms with van der Waals surface area (Å²) in [6, 6.07) is 0. The summed E-state index contributed by atoms with van der Waals surface area (Å²) in [6.45, 7) is 8.25. The van der Waals surface area contributed by atoms with Crippen LogP contribution in [0.5, 0.6) is 0 Å². The van der Waals surface area contributed by atoms with E-state index in [0.717, 1.165) is 6.61 Å². The summed E-state index contributed by atoms with van der Waals surface area (Å²) >= 11 is 0. The van der Waals surface area contributed by atoms with Crippen molar-refractivity contribution in [2.24, 2.45) is 0 Å². The van der Waals surface area contributed by atoms with Crippen molar-refractivity contribution in [3.63, 3.8) is 0 Å². The van der Waals surface area contributed by atoms with E-state index in [9.17, 15) is 0 Å². The van der Waals surface area contributed by atoms with E-state index in [0.29, 0.717) is 0 Å². The van der Waals surface area contributed by atoms with Crippen molar-refractivity contribution >= 4 is 0 Å². The monoisotopic (exact) mass is 271 g/mol. The second kappa shape index (κ2) is 6.65. The first-order valence-electron chi connectivity index (χ1n) is 2.22. The molecule has 0 amide bonds. The van der Waals surface area contributed by atoms with Gasteiger partial charge in [0, 0.05) is 27.7 Å². The van der Waals surface area contributed by atoms with Crippen LogP contribution in [0.2, 0.25) is 0 Å². The van der Waals surface area contributed by atoms with Crippen molar-refractivity contribution < 1.29 is 25.8 Å². The molecular formula is C5H11OW-. The Kier molecular flexibility index (Phi) is 10.1. The van der Waals surface area contributed by atoms with Gasteiger partial charge in [-0.1, -0.05) is 13.0 Å². The SMILES string of the molecule is [CH2-]C(C)OCC.[W]. The van der Waals surface area contributed by atoms with Gasteiger partial charge in [0.15, 0.2) is 0 Å². The van der Waals surface area contributed by atoms with E-state index in [1.54, 1.807) is 0 Å². The Bertz CT molecular complexity index is 29.3. The molecule has 0 fully saturated rings. The maximum Gasteiger partial charge on any atom is 0.0405 e. The van der Waals surface area contributed by atoms with E-state index in [4.69, 9.17) is 4.74 Å². The molecule has 44 valence electrons. The van der Waals surface area contributed by atoms with Crippen LogP contribution >= 0.6 is 0 Å². The molecule has 0 N–H and O–H groups in total. The standard InChI is InChI=1S/C5H11O.W/c1-4-6-5(2)3;/h5H,2,4H2,1,3H3;/q-1;. The molecule has 2 heteroatoms. The molecule has 0 bridgehead atoms. The third-order valence-electron chi connectivity index (χ3n) is 0.451. The van der Waals surface area contributed by atoms with E-state index in [2.05, 4.69) is 6.92 Å². The molecule has 0 aromatic heterocycles. The molecule has 0 aliphatic rings. The van der Waals surface area contributed by atoms with Crippen LogP contribution in [-0.2, 0) is 25.8 Å². The van der Waals surface area contributed by atoms with Crippen LogP contribution in [0.1, 0.15) is 13.8 Å². The maximum absolute atomic E-state index is 4.93. The third-order valence-corrected chi connectivity index (χ3v) is 0.451. The zero-order valence-corrected chi connectivity index (χ0v) is 7.74. The summed E-state index contributed by atoms with van der Waals surface area (Å²) in [4.78, 5) is 0. The van der Waals surface area contributed by atoms with Crippen molar-refractivity contribution in [3.8, 4) is 0 Å². The first-order chi connectivity index (χ1) is 2.77. The molecular weight excluding hydrogens is 260 g/mol. The van der Waals surface area contributed by atoms with E-state index in [1.807, 2.05) is 13.8 Å². The zero-order valence-electron chi connectivity index (χ0n) is 4.81. The average Bonchev–Trinajstić information content (AvgIpc) is 1.35. The van der Waals surface area contributed by atoms with Gasteiger partial charge < -0.3 is 11.7 Å². The van der Waals surface area contributed by atoms with Crippen LogP contribution in [-0.4, -0.2) is 12.7 Å². The molecule has 0 rings (SSSR count). The van der Waals surface area contributed by atoms with Gasteiger partial charge in [0.25, 0.3) is 0 Å². The first kappa shape index (κ1) is 10.6. The third kappa shape index (κ3) is 10.8. The fourth-order valence-electron chi connectivity index (χ4n) is 0.285. The van der Waals surface area contributed by atoms with Crippen molar-refractivity contribution in [3.05, 3.63) is 6.92 Å². The maximum atomic E-state index is 4.93. The van der Waals surface area contributed by atoms with Gasteiger partial charge in [0.1, 0.15) is 0 Å². The molecule has 0 spiro atoms. The summed E-state index contributed by atoms with van der Waals surface area (Å²) in [5, 5.41) is 0. The van der Waals surface area contributed by atoms with Gasteiger partial charge in [0.05, 0.1) is 0 Å². The van der Waals surface area contributed by atoms with Crippen LogP contribution in [0.3, 0.4) is 0 Å². The summed E-state index contributed by atoms with van der Waals surface area (Å²) in [6.07, 6.45) is 0.148. The fourth-order valence-corrected chi connectivity index (χ4v) is 0.285. The molecule has 1 nitrogen and oxygen atoms in total. The van der Waals surface area contributed by atoms with Crippen LogP contribution in [0, 0.1) is 6.92 Å². The molecule has 0 aliphatic carbocycles. The van der Waals surface area contributed by atoms with Crippen LogP contribution in [0.15, 0.2) is 0 Å². The Morgan fingerprint density at radius 1 is 1.71 bits per heavy atom. The van der Waals surface area contributed by atoms with Crippen molar-refractivity contribution in [2.75, 3.05) is 6.61 Å². The van der Waals surface area contributed by atoms with Gasteiger partial charge in [0.2, 0.25) is 0 Å². The van der Waals surface area contributed by atoms with Crippen molar-refractivity contribution in [1.82, 2.24) is 0 Å². The normalized spacial score (nSPS) is 12.4. The van der Waals surface area contributed by atoms with Crippen LogP contribution in [0.4, 0.5) is 0 Å². The largest absolute Gasteiger partial charge is 0.411 e.